The number of thioether (sulfide) groups is 1. The van der Waals surface area contributed by atoms with Crippen LogP contribution in [-0.2, 0) is 0 Å². The van der Waals surface area contributed by atoms with Gasteiger partial charge in [-0.3, -0.25) is 0 Å². The van der Waals surface area contributed by atoms with Gasteiger partial charge in [-0.1, -0.05) is 11.6 Å². The van der Waals surface area contributed by atoms with Crippen molar-refractivity contribution in [3.05, 3.63) is 10.1 Å². The van der Waals surface area contributed by atoms with E-state index >= 15 is 0 Å². The molecule has 0 unspecified atom stereocenters. The van der Waals surface area contributed by atoms with E-state index < -0.39 is 0 Å². The van der Waals surface area contributed by atoms with Crippen LogP contribution in [0.3, 0.4) is 0 Å². The summed E-state index contributed by atoms with van der Waals surface area (Å²) in [6.45, 7) is 2.04. The molecule has 0 amide bonds. The average molecular weight is 150 g/mol. The number of hydrogen-bond acceptors (Lipinski definition) is 2. The number of nitrogens with zero attached hydrogens (tertiary/aromatic N) is 1. The van der Waals surface area contributed by atoms with Crippen molar-refractivity contribution >= 4 is 23.4 Å². The predicted octanol–water partition coefficient (Wildman–Crippen LogP) is 2.05. The maximum Gasteiger partial charge on any atom is 0.114 e. The third-order valence-electron chi connectivity index (χ3n) is 1.10. The molecule has 1 aliphatic rings. The molecule has 0 N–H and O–H groups in total. The van der Waals surface area contributed by atoms with Crippen molar-refractivity contribution in [1.29, 1.82) is 0 Å². The summed E-state index contributed by atoms with van der Waals surface area (Å²) in [5, 5.41) is 0.898. The van der Waals surface area contributed by atoms with Crippen molar-refractivity contribution in [2.75, 3.05) is 12.9 Å². The van der Waals surface area contributed by atoms with Crippen LogP contribution in [0.4, 0.5) is 0 Å². The van der Waals surface area contributed by atoms with Crippen molar-refractivity contribution in [2.24, 2.45) is 0 Å². The van der Waals surface area contributed by atoms with E-state index in [4.69, 9.17) is 11.6 Å². The number of halogens is 1. The zero-order valence-corrected chi connectivity index (χ0v) is 6.51. The Hall–Kier alpha value is 0.180. The quantitative estimate of drug-likeness (QED) is 0.485. The number of allylic oxidation sites excluding steroid dienone is 1. The fourth-order valence-corrected chi connectivity index (χ4v) is 1.66. The summed E-state index contributed by atoms with van der Waals surface area (Å²) in [6.07, 6.45) is 0. The van der Waals surface area contributed by atoms with Gasteiger partial charge in [0, 0.05) is 12.0 Å². The maximum absolute atomic E-state index is 5.80. The molecule has 1 nitrogen and oxygen atoms in total. The minimum atomic E-state index is 0.898. The van der Waals surface area contributed by atoms with E-state index in [0.717, 1.165) is 11.0 Å². The summed E-state index contributed by atoms with van der Waals surface area (Å²) >= 11 is 7.58. The monoisotopic (exact) mass is 149 g/mol. The Morgan fingerprint density at radius 3 is 2.50 bits per heavy atom. The molecule has 8 heavy (non-hydrogen) atoms. The molecule has 0 bridgehead atoms. The van der Waals surface area contributed by atoms with Crippen molar-refractivity contribution in [2.45, 2.75) is 6.92 Å². The molecule has 3 heteroatoms. The van der Waals surface area contributed by atoms with Crippen molar-refractivity contribution < 1.29 is 0 Å². The highest BCUT2D eigenvalue weighted by Crippen LogP contribution is 2.31. The normalized spacial score (nSPS) is 20.6. The lowest BCUT2D eigenvalue weighted by Crippen LogP contribution is -2.07. The molecule has 0 aromatic heterocycles. The highest BCUT2D eigenvalue weighted by Gasteiger charge is 2.12. The summed E-state index contributed by atoms with van der Waals surface area (Å²) in [4.78, 5) is 3.26. The largest absolute Gasteiger partial charge is 0.355 e. The van der Waals surface area contributed by atoms with E-state index in [-0.39, 0.29) is 0 Å². The first-order valence-electron chi connectivity index (χ1n) is 2.42. The third-order valence-corrected chi connectivity index (χ3v) is 2.93. The van der Waals surface area contributed by atoms with Gasteiger partial charge in [0.05, 0.1) is 5.88 Å². The molecule has 46 valence electrons. The summed E-state index contributed by atoms with van der Waals surface area (Å²) in [5.41, 5.74) is 0. The van der Waals surface area contributed by atoms with Crippen LogP contribution in [-0.4, -0.2) is 17.8 Å². The van der Waals surface area contributed by atoms with Gasteiger partial charge in [0.2, 0.25) is 0 Å². The topological polar surface area (TPSA) is 3.24 Å². The molecule has 0 fully saturated rings. The Morgan fingerprint density at radius 2 is 2.38 bits per heavy atom. The Labute approximate surface area is 58.7 Å². The van der Waals surface area contributed by atoms with Crippen molar-refractivity contribution in [3.8, 4) is 0 Å². The molecule has 0 aliphatic carbocycles. The van der Waals surface area contributed by atoms with Crippen molar-refractivity contribution in [1.82, 2.24) is 4.90 Å². The Balaban J connectivity index is 2.71. The van der Waals surface area contributed by atoms with Gasteiger partial charge >= 0.3 is 0 Å². The SMILES string of the molecule is CC1=C(Cl)N(C)CS1. The molecule has 1 rings (SSSR count). The van der Waals surface area contributed by atoms with Gasteiger partial charge in [0.1, 0.15) is 5.16 Å². The molecule has 0 saturated carbocycles. The minimum Gasteiger partial charge on any atom is -0.355 e. The van der Waals surface area contributed by atoms with E-state index in [2.05, 4.69) is 0 Å². The Bertz CT molecular complexity index is 132. The Morgan fingerprint density at radius 1 is 1.75 bits per heavy atom. The first-order chi connectivity index (χ1) is 3.72. The van der Waals surface area contributed by atoms with E-state index in [1.807, 2.05) is 18.9 Å². The van der Waals surface area contributed by atoms with Gasteiger partial charge in [0.25, 0.3) is 0 Å². The fraction of sp³-hybridized carbons (Fsp3) is 0.600. The molecule has 0 aromatic rings. The maximum atomic E-state index is 5.80. The van der Waals surface area contributed by atoms with E-state index in [1.165, 1.54) is 4.91 Å². The van der Waals surface area contributed by atoms with Crippen molar-refractivity contribution in [3.63, 3.8) is 0 Å². The minimum absolute atomic E-state index is 0.898. The van der Waals surface area contributed by atoms with Crippen LogP contribution in [0.1, 0.15) is 6.92 Å². The van der Waals surface area contributed by atoms with Crippen LogP contribution >= 0.6 is 23.4 Å². The van der Waals surface area contributed by atoms with Crippen LogP contribution in [0.15, 0.2) is 10.1 Å². The molecule has 1 heterocycles. The summed E-state index contributed by atoms with van der Waals surface area (Å²) < 4.78 is 0. The molecule has 0 radical (unpaired) electrons. The zero-order valence-electron chi connectivity index (χ0n) is 4.94. The van der Waals surface area contributed by atoms with Gasteiger partial charge in [0.15, 0.2) is 0 Å². The molecular weight excluding hydrogens is 142 g/mol. The first-order valence-corrected chi connectivity index (χ1v) is 3.78. The highest BCUT2D eigenvalue weighted by molar-refractivity contribution is 8.03. The first kappa shape index (κ1) is 6.30. The number of rotatable bonds is 0. The van der Waals surface area contributed by atoms with E-state index in [1.54, 1.807) is 11.8 Å². The average Bonchev–Trinajstić information content (AvgIpc) is 1.98. The van der Waals surface area contributed by atoms with E-state index in [0.29, 0.717) is 0 Å². The number of hydrogen-bond donors (Lipinski definition) is 0. The highest BCUT2D eigenvalue weighted by atomic mass is 35.5. The lowest BCUT2D eigenvalue weighted by atomic mass is 10.6. The molecule has 0 saturated heterocycles. The van der Waals surface area contributed by atoms with Crippen LogP contribution in [0.2, 0.25) is 0 Å². The Kier molecular flexibility index (Phi) is 1.73. The smallest absolute Gasteiger partial charge is 0.114 e. The van der Waals surface area contributed by atoms with Gasteiger partial charge in [-0.05, 0) is 6.92 Å². The summed E-state index contributed by atoms with van der Waals surface area (Å²) in [5.74, 6) is 1.00. The zero-order chi connectivity index (χ0) is 6.15. The fourth-order valence-electron chi connectivity index (χ4n) is 0.579. The molecule has 0 spiro atoms. The molecular formula is C5H8ClNS. The van der Waals surface area contributed by atoms with Gasteiger partial charge in [-0.2, -0.15) is 0 Å². The summed E-state index contributed by atoms with van der Waals surface area (Å²) in [6, 6.07) is 0. The third kappa shape index (κ3) is 0.955. The second kappa shape index (κ2) is 2.19. The standard InChI is InChI=1S/C5H8ClNS/c1-4-5(6)7(2)3-8-4/h3H2,1-2H3. The lowest BCUT2D eigenvalue weighted by Gasteiger charge is -2.07. The molecule has 1 aliphatic heterocycles. The van der Waals surface area contributed by atoms with E-state index in [9.17, 15) is 0 Å². The second-order valence-corrected chi connectivity index (χ2v) is 3.34. The van der Waals surface area contributed by atoms with Crippen LogP contribution in [0.5, 0.6) is 0 Å². The van der Waals surface area contributed by atoms with Crippen LogP contribution < -0.4 is 0 Å². The molecule has 0 atom stereocenters. The van der Waals surface area contributed by atoms with Crippen LogP contribution in [0, 0.1) is 0 Å². The molecule has 0 aromatic carbocycles. The van der Waals surface area contributed by atoms with Gasteiger partial charge in [-0.25, -0.2) is 0 Å². The summed E-state index contributed by atoms with van der Waals surface area (Å²) in [7, 11) is 1.99. The lowest BCUT2D eigenvalue weighted by molar-refractivity contribution is 0.534. The van der Waals surface area contributed by atoms with Gasteiger partial charge < -0.3 is 4.90 Å². The second-order valence-electron chi connectivity index (χ2n) is 1.82. The van der Waals surface area contributed by atoms with Crippen LogP contribution in [0.25, 0.3) is 0 Å². The predicted molar refractivity (Wildman–Crippen MR) is 38.8 cm³/mol. The van der Waals surface area contributed by atoms with Gasteiger partial charge in [-0.15, -0.1) is 11.8 Å².